The van der Waals surface area contributed by atoms with E-state index in [1.54, 1.807) is 12.2 Å². The van der Waals surface area contributed by atoms with Gasteiger partial charge in [-0.3, -0.25) is 4.79 Å². The van der Waals surface area contributed by atoms with Gasteiger partial charge in [0.2, 0.25) is 5.91 Å². The first-order chi connectivity index (χ1) is 15.5. The van der Waals surface area contributed by atoms with Crippen LogP contribution in [0.5, 0.6) is 11.5 Å². The molecule has 6 heteroatoms. The highest BCUT2D eigenvalue weighted by Crippen LogP contribution is 2.35. The molecule has 2 aliphatic heterocycles. The summed E-state index contributed by atoms with van der Waals surface area (Å²) in [5, 5.41) is 6.62. The van der Waals surface area contributed by atoms with Crippen molar-refractivity contribution in [2.24, 2.45) is 0 Å². The number of carbonyl (C=O) groups is 1. The van der Waals surface area contributed by atoms with Crippen LogP contribution < -0.4 is 20.1 Å². The maximum absolute atomic E-state index is 12.7. The van der Waals surface area contributed by atoms with Crippen molar-refractivity contribution in [3.05, 3.63) is 53.6 Å². The van der Waals surface area contributed by atoms with Crippen LogP contribution in [-0.4, -0.2) is 49.7 Å². The van der Waals surface area contributed by atoms with Crippen LogP contribution in [-0.2, 0) is 11.2 Å². The van der Waals surface area contributed by atoms with Crippen molar-refractivity contribution in [1.82, 2.24) is 4.90 Å². The monoisotopic (exact) mass is 435 g/mol. The normalized spacial score (nSPS) is 18.9. The summed E-state index contributed by atoms with van der Waals surface area (Å²) in [5.41, 5.74) is 3.74. The highest BCUT2D eigenvalue weighted by atomic mass is 16.5. The Kier molecular flexibility index (Phi) is 7.00. The van der Waals surface area contributed by atoms with Crippen LogP contribution in [0.25, 0.3) is 6.08 Å². The predicted octanol–water partition coefficient (Wildman–Crippen LogP) is 4.57. The van der Waals surface area contributed by atoms with Crippen molar-refractivity contribution in [2.45, 2.75) is 45.3 Å². The molecule has 2 aromatic rings. The first kappa shape index (κ1) is 22.2. The molecular formula is C26H33N3O3. The van der Waals surface area contributed by atoms with Crippen molar-refractivity contribution in [2.75, 3.05) is 37.4 Å². The number of fused-ring (bicyclic) bond motifs is 1. The second-order valence-electron chi connectivity index (χ2n) is 8.65. The fraction of sp³-hybridized carbons (Fsp3) is 0.423. The summed E-state index contributed by atoms with van der Waals surface area (Å²) in [4.78, 5) is 15.1. The van der Waals surface area contributed by atoms with Crippen molar-refractivity contribution in [1.29, 1.82) is 0 Å². The number of benzene rings is 2. The van der Waals surface area contributed by atoms with Crippen molar-refractivity contribution >= 4 is 23.4 Å². The molecule has 0 aliphatic carbocycles. The summed E-state index contributed by atoms with van der Waals surface area (Å²) in [6.07, 6.45) is 6.57. The van der Waals surface area contributed by atoms with Gasteiger partial charge in [0.25, 0.3) is 0 Å². The van der Waals surface area contributed by atoms with Gasteiger partial charge < -0.3 is 25.0 Å². The molecule has 6 nitrogen and oxygen atoms in total. The molecule has 2 heterocycles. The lowest BCUT2D eigenvalue weighted by Crippen LogP contribution is -2.36. The third-order valence-electron chi connectivity index (χ3n) is 6.01. The zero-order valence-corrected chi connectivity index (χ0v) is 19.2. The van der Waals surface area contributed by atoms with Crippen LogP contribution in [0, 0.1) is 0 Å². The minimum atomic E-state index is -0.181. The average Bonchev–Trinajstić information content (AvgIpc) is 3.14. The van der Waals surface area contributed by atoms with Crippen molar-refractivity contribution < 1.29 is 14.3 Å². The maximum Gasteiger partial charge on any atom is 0.248 e. The molecule has 2 aliphatic rings. The lowest BCUT2D eigenvalue weighted by molar-refractivity contribution is -0.111. The number of piperidine rings is 1. The number of nitrogens with zero attached hydrogens (tertiary/aromatic N) is 1. The third-order valence-corrected chi connectivity index (χ3v) is 6.01. The Morgan fingerprint density at radius 1 is 1.22 bits per heavy atom. The minimum absolute atomic E-state index is 0.163. The molecule has 1 fully saturated rings. The lowest BCUT2D eigenvalue weighted by Gasteiger charge is -2.30. The molecule has 1 saturated heterocycles. The van der Waals surface area contributed by atoms with Crippen LogP contribution in [0.3, 0.4) is 0 Å². The molecule has 1 atom stereocenters. The van der Waals surface area contributed by atoms with Crippen LogP contribution in [0.4, 0.5) is 11.4 Å². The second-order valence-corrected chi connectivity index (χ2v) is 8.65. The molecule has 1 amide bonds. The van der Waals surface area contributed by atoms with Crippen LogP contribution >= 0.6 is 0 Å². The quantitative estimate of drug-likeness (QED) is 0.624. The number of nitrogens with one attached hydrogen (secondary N) is 2. The van der Waals surface area contributed by atoms with Crippen LogP contribution in [0.1, 0.15) is 37.8 Å². The molecule has 0 bridgehead atoms. The molecule has 32 heavy (non-hydrogen) atoms. The van der Waals surface area contributed by atoms with E-state index in [0.29, 0.717) is 12.6 Å². The predicted molar refractivity (Wildman–Crippen MR) is 130 cm³/mol. The van der Waals surface area contributed by atoms with E-state index in [1.165, 1.54) is 0 Å². The minimum Gasteiger partial charge on any atom is -0.493 e. The van der Waals surface area contributed by atoms with Gasteiger partial charge in [-0.05, 0) is 77.2 Å². The maximum atomic E-state index is 12.7. The van der Waals surface area contributed by atoms with Crippen LogP contribution in [0.2, 0.25) is 0 Å². The Balaban J connectivity index is 1.45. The molecule has 0 radical (unpaired) electrons. The van der Waals surface area contributed by atoms with E-state index in [9.17, 15) is 4.79 Å². The fourth-order valence-corrected chi connectivity index (χ4v) is 4.30. The second kappa shape index (κ2) is 10.1. The number of likely N-dealkylation sites (tertiary alicyclic amines) is 1. The SMILES string of the molecule is CCOc1cc2c(cc1C=CC(=O)Nc1ccccc1NC1CCN(C)CC1)OC(C)C2. The number of hydrogen-bond donors (Lipinski definition) is 2. The molecule has 2 aromatic carbocycles. The highest BCUT2D eigenvalue weighted by molar-refractivity contribution is 6.04. The van der Waals surface area contributed by atoms with E-state index in [0.717, 1.165) is 66.4 Å². The molecule has 0 saturated carbocycles. The van der Waals surface area contributed by atoms with Gasteiger partial charge in [0.15, 0.2) is 0 Å². The van der Waals surface area contributed by atoms with E-state index in [2.05, 4.69) is 29.5 Å². The largest absolute Gasteiger partial charge is 0.493 e. The summed E-state index contributed by atoms with van der Waals surface area (Å²) in [5.74, 6) is 1.46. The number of carbonyl (C=O) groups excluding carboxylic acids is 1. The number of hydrogen-bond acceptors (Lipinski definition) is 5. The van der Waals surface area contributed by atoms with Crippen molar-refractivity contribution in [3.8, 4) is 11.5 Å². The van der Waals surface area contributed by atoms with E-state index < -0.39 is 0 Å². The van der Waals surface area contributed by atoms with E-state index in [-0.39, 0.29) is 12.0 Å². The lowest BCUT2D eigenvalue weighted by atomic mass is 10.0. The molecule has 170 valence electrons. The molecule has 1 unspecified atom stereocenters. The van der Waals surface area contributed by atoms with E-state index in [1.807, 2.05) is 43.3 Å². The Hall–Kier alpha value is -2.99. The highest BCUT2D eigenvalue weighted by Gasteiger charge is 2.21. The summed E-state index contributed by atoms with van der Waals surface area (Å²) in [7, 11) is 2.15. The van der Waals surface area contributed by atoms with E-state index >= 15 is 0 Å². The van der Waals surface area contributed by atoms with Gasteiger partial charge in [-0.2, -0.15) is 0 Å². The van der Waals surface area contributed by atoms with Crippen molar-refractivity contribution in [3.63, 3.8) is 0 Å². The van der Waals surface area contributed by atoms with Gasteiger partial charge in [0.05, 0.1) is 18.0 Å². The molecular weight excluding hydrogens is 402 g/mol. The molecule has 4 rings (SSSR count). The van der Waals surface area contributed by atoms with Gasteiger partial charge in [-0.25, -0.2) is 0 Å². The summed E-state index contributed by atoms with van der Waals surface area (Å²) < 4.78 is 11.7. The fourth-order valence-electron chi connectivity index (χ4n) is 4.30. The van der Waals surface area contributed by atoms with Gasteiger partial charge in [0.1, 0.15) is 17.6 Å². The van der Waals surface area contributed by atoms with E-state index in [4.69, 9.17) is 9.47 Å². The van der Waals surface area contributed by atoms with Crippen LogP contribution in [0.15, 0.2) is 42.5 Å². The first-order valence-electron chi connectivity index (χ1n) is 11.5. The molecule has 0 aromatic heterocycles. The van der Waals surface area contributed by atoms with Gasteiger partial charge in [-0.1, -0.05) is 12.1 Å². The number of rotatable bonds is 7. The number of ether oxygens (including phenoxy) is 2. The first-order valence-corrected chi connectivity index (χ1v) is 11.5. The number of anilines is 2. The van der Waals surface area contributed by atoms with Gasteiger partial charge in [-0.15, -0.1) is 0 Å². The standard InChI is InChI=1S/C26H33N3O3/c1-4-31-24-17-20-15-18(2)32-25(20)16-19(24)9-10-26(30)28-23-8-6-5-7-22(23)27-21-11-13-29(3)14-12-21/h5-10,16-18,21,27H,4,11-15H2,1-3H3,(H,28,30). The Morgan fingerprint density at radius 3 is 2.72 bits per heavy atom. The topological polar surface area (TPSA) is 62.8 Å². The summed E-state index contributed by atoms with van der Waals surface area (Å²) >= 11 is 0. The van der Waals surface area contributed by atoms with Gasteiger partial charge >= 0.3 is 0 Å². The Morgan fingerprint density at radius 2 is 1.97 bits per heavy atom. The van der Waals surface area contributed by atoms with Gasteiger partial charge in [0, 0.05) is 29.7 Å². The Bertz CT molecular complexity index is 980. The Labute approximate surface area is 190 Å². The number of para-hydroxylation sites is 2. The number of amides is 1. The zero-order valence-electron chi connectivity index (χ0n) is 19.2. The molecule has 2 N–H and O–H groups in total. The third kappa shape index (κ3) is 5.43. The summed E-state index contributed by atoms with van der Waals surface area (Å²) in [6.45, 7) is 6.75. The average molecular weight is 436 g/mol. The summed E-state index contributed by atoms with van der Waals surface area (Å²) in [6, 6.07) is 12.3. The molecule has 0 spiro atoms. The zero-order chi connectivity index (χ0) is 22.5. The smallest absolute Gasteiger partial charge is 0.248 e.